The Morgan fingerprint density at radius 1 is 0.878 bits per heavy atom. The summed E-state index contributed by atoms with van der Waals surface area (Å²) in [6.07, 6.45) is 13.1. The van der Waals surface area contributed by atoms with Crippen molar-refractivity contribution < 1.29 is 95.8 Å². The average molecular weight is 1130 g/mol. The molecule has 3 rings (SSSR count). The molecule has 3 heterocycles. The van der Waals surface area contributed by atoms with Crippen LogP contribution in [-0.2, 0) is 50.7 Å². The lowest BCUT2D eigenvalue weighted by Crippen LogP contribution is -2.46. The number of imidazole rings is 1. The molecular formula is C43H66N7O20P3S. The molecule has 0 spiro atoms. The van der Waals surface area contributed by atoms with Crippen molar-refractivity contribution in [3.8, 4) is 0 Å². The molecule has 74 heavy (non-hydrogen) atoms. The third kappa shape index (κ3) is 23.4. The van der Waals surface area contributed by atoms with Crippen molar-refractivity contribution in [2.45, 2.75) is 108 Å². The lowest BCUT2D eigenvalue weighted by molar-refractivity contribution is -0.137. The second-order valence-electron chi connectivity index (χ2n) is 16.8. The number of nitrogen functional groups attached to an aromatic ring is 1. The number of ether oxygens (including phenoxy) is 1. The quantitative estimate of drug-likeness (QED) is 0.0211. The number of carbonyl (C=O) groups is 3. The zero-order valence-electron chi connectivity index (χ0n) is 40.6. The van der Waals surface area contributed by atoms with Crippen LogP contribution in [0.25, 0.3) is 11.2 Å². The number of aromatic nitrogens is 4. The number of amides is 2. The van der Waals surface area contributed by atoms with E-state index in [0.717, 1.165) is 35.4 Å². The molecule has 0 bridgehead atoms. The number of nitrogens with zero attached hydrogens (tertiary/aromatic N) is 4. The summed E-state index contributed by atoms with van der Waals surface area (Å²) in [7, 11) is -16.5. The highest BCUT2D eigenvalue weighted by Crippen LogP contribution is 2.61. The van der Waals surface area contributed by atoms with Gasteiger partial charge in [-0.15, -0.1) is 0 Å². The van der Waals surface area contributed by atoms with Crippen LogP contribution < -0.4 is 16.4 Å². The largest absolute Gasteiger partial charge is 0.481 e. The lowest BCUT2D eigenvalue weighted by atomic mass is 9.87. The molecule has 10 unspecified atom stereocenters. The van der Waals surface area contributed by atoms with Crippen LogP contribution in [0.15, 0.2) is 85.6 Å². The van der Waals surface area contributed by atoms with E-state index in [1.807, 2.05) is 19.1 Å². The predicted molar refractivity (Wildman–Crippen MR) is 269 cm³/mol. The maximum Gasteiger partial charge on any atom is 0.481 e. The minimum atomic E-state index is -5.60. The van der Waals surface area contributed by atoms with E-state index < -0.39 is 103 Å². The number of carbonyl (C=O) groups excluding carboxylic acids is 3. The van der Waals surface area contributed by atoms with Gasteiger partial charge in [0.1, 0.15) is 36.3 Å². The minimum absolute atomic E-state index is 0.0185. The number of aliphatic hydroxyl groups is 5. The molecule has 0 aromatic carbocycles. The van der Waals surface area contributed by atoms with Crippen LogP contribution in [0.3, 0.4) is 0 Å². The van der Waals surface area contributed by atoms with E-state index >= 15 is 0 Å². The Kier molecular flexibility index (Phi) is 27.0. The zero-order valence-corrected chi connectivity index (χ0v) is 44.1. The smallest absolute Gasteiger partial charge is 0.390 e. The number of aliphatic hydroxyl groups excluding tert-OH is 5. The van der Waals surface area contributed by atoms with Gasteiger partial charge in [-0.2, -0.15) is 4.31 Å². The summed E-state index contributed by atoms with van der Waals surface area (Å²) in [5, 5.41) is 56.5. The van der Waals surface area contributed by atoms with E-state index in [-0.39, 0.29) is 60.2 Å². The van der Waals surface area contributed by atoms with Crippen molar-refractivity contribution >= 4 is 69.1 Å². The second kappa shape index (κ2) is 31.2. The molecule has 1 aliphatic rings. The molecule has 10 atom stereocenters. The van der Waals surface area contributed by atoms with Crippen LogP contribution >= 0.6 is 35.2 Å². The van der Waals surface area contributed by atoms with Crippen molar-refractivity contribution in [3.05, 3.63) is 85.6 Å². The first-order valence-electron chi connectivity index (χ1n) is 22.8. The Balaban J connectivity index is 1.31. The highest BCUT2D eigenvalue weighted by atomic mass is 32.2. The number of phosphoric acid groups is 3. The first-order chi connectivity index (χ1) is 34.8. The van der Waals surface area contributed by atoms with E-state index in [2.05, 4.69) is 34.4 Å². The van der Waals surface area contributed by atoms with Crippen molar-refractivity contribution in [1.29, 1.82) is 0 Å². The Hall–Kier alpha value is -4.12. The number of nitrogens with one attached hydrogen (secondary N) is 2. The predicted octanol–water partition coefficient (Wildman–Crippen LogP) is 2.06. The lowest BCUT2D eigenvalue weighted by Gasteiger charge is -2.30. The molecule has 2 amide bonds. The topological polar surface area (TPSA) is 424 Å². The number of hydrogen-bond donors (Lipinski definition) is 12. The molecular weight excluding hydrogens is 1060 g/mol. The average Bonchev–Trinajstić information content (AvgIpc) is 3.89. The van der Waals surface area contributed by atoms with E-state index in [1.54, 1.807) is 54.7 Å². The van der Waals surface area contributed by atoms with E-state index in [0.29, 0.717) is 12.8 Å². The monoisotopic (exact) mass is 1130 g/mol. The van der Waals surface area contributed by atoms with Gasteiger partial charge in [-0.25, -0.2) is 28.6 Å². The molecule has 27 nitrogen and oxygen atoms in total. The molecule has 13 N–H and O–H groups in total. The van der Waals surface area contributed by atoms with Gasteiger partial charge < -0.3 is 66.2 Å². The second-order valence-corrected chi connectivity index (χ2v) is 22.2. The van der Waals surface area contributed by atoms with Gasteiger partial charge in [-0.05, 0) is 25.7 Å². The highest BCUT2D eigenvalue weighted by molar-refractivity contribution is 8.13. The van der Waals surface area contributed by atoms with Crippen molar-refractivity contribution in [3.63, 3.8) is 0 Å². The van der Waals surface area contributed by atoms with Gasteiger partial charge >= 0.3 is 23.5 Å². The van der Waals surface area contributed by atoms with Gasteiger partial charge in [-0.3, -0.25) is 32.5 Å². The van der Waals surface area contributed by atoms with Crippen LogP contribution in [0.2, 0.25) is 0 Å². The van der Waals surface area contributed by atoms with Crippen LogP contribution in [0, 0.1) is 5.41 Å². The number of anilines is 1. The maximum atomic E-state index is 12.8. The number of nitrogens with two attached hydrogens (primary N) is 1. The molecule has 0 aliphatic carbocycles. The summed E-state index contributed by atoms with van der Waals surface area (Å²) >= 11 is 1.00. The van der Waals surface area contributed by atoms with E-state index in [1.165, 1.54) is 19.9 Å². The normalized spacial score (nSPS) is 21.3. The van der Waals surface area contributed by atoms with E-state index in [4.69, 9.17) is 19.5 Å². The molecule has 31 heteroatoms. The Morgan fingerprint density at radius 3 is 2.23 bits per heavy atom. The summed E-state index contributed by atoms with van der Waals surface area (Å²) in [6.45, 7) is 2.31. The maximum absolute atomic E-state index is 12.8. The molecule has 1 fully saturated rings. The van der Waals surface area contributed by atoms with Gasteiger partial charge in [0.15, 0.2) is 22.8 Å². The number of hydrogen-bond acceptors (Lipinski definition) is 21. The summed E-state index contributed by atoms with van der Waals surface area (Å²) in [6, 6.07) is 0. The summed E-state index contributed by atoms with van der Waals surface area (Å²) in [5.41, 5.74) is 4.21. The van der Waals surface area contributed by atoms with E-state index in [9.17, 15) is 73.2 Å². The molecule has 0 radical (unpaired) electrons. The molecule has 414 valence electrons. The first kappa shape index (κ1) is 64.2. The van der Waals surface area contributed by atoms with Crippen LogP contribution in [0.1, 0.15) is 65.5 Å². The van der Waals surface area contributed by atoms with Crippen LogP contribution in [0.5, 0.6) is 0 Å². The molecule has 0 saturated carbocycles. The Bertz CT molecular complexity index is 2470. The Morgan fingerprint density at radius 2 is 1.54 bits per heavy atom. The number of thioether (sulfide) groups is 1. The first-order valence-corrected chi connectivity index (χ1v) is 28.3. The van der Waals surface area contributed by atoms with Gasteiger partial charge in [-0.1, -0.05) is 105 Å². The van der Waals surface area contributed by atoms with Crippen molar-refractivity contribution in [2.75, 3.05) is 37.8 Å². The number of fused-ring (bicyclic) bond motifs is 1. The van der Waals surface area contributed by atoms with Gasteiger partial charge in [0.25, 0.3) is 0 Å². The Labute approximate surface area is 430 Å². The van der Waals surface area contributed by atoms with Gasteiger partial charge in [0.05, 0.1) is 37.9 Å². The number of phosphoric ester groups is 3. The van der Waals surface area contributed by atoms with Crippen LogP contribution in [-0.4, -0.2) is 156 Å². The summed E-state index contributed by atoms with van der Waals surface area (Å²) in [4.78, 5) is 88.4. The fraction of sp³-hybridized carbons (Fsp3) is 0.535. The number of allylic oxidation sites excluding steroid dienone is 8. The molecule has 1 saturated heterocycles. The van der Waals surface area contributed by atoms with Gasteiger partial charge in [0, 0.05) is 37.1 Å². The minimum Gasteiger partial charge on any atom is -0.390 e. The third-order valence-corrected chi connectivity index (χ3v) is 14.2. The summed E-state index contributed by atoms with van der Waals surface area (Å²) < 4.78 is 62.4. The van der Waals surface area contributed by atoms with Crippen LogP contribution in [0.4, 0.5) is 5.82 Å². The third-order valence-electron chi connectivity index (χ3n) is 10.2. The zero-order chi connectivity index (χ0) is 55.1. The fourth-order valence-corrected chi connectivity index (χ4v) is 9.82. The SMILES string of the molecule is CC/C=C/CC(O)/C=C/C=C/C=C/C=C/C(O)C(O)C/C=C/CCC(=O)SCCNC(=O)CCNC(=O)C(O)C(C)(C)COP(=O)(O)OP(=O)(O)OCC1OC(n2cnc3c(N)ncnc32)C(O)C1OP(=O)(O)O. The molecule has 2 aromatic rings. The fourth-order valence-electron chi connectivity index (χ4n) is 6.30. The summed E-state index contributed by atoms with van der Waals surface area (Å²) in [5.74, 6) is -1.29. The number of rotatable bonds is 33. The van der Waals surface area contributed by atoms with Crippen molar-refractivity contribution in [2.24, 2.45) is 5.41 Å². The molecule has 2 aromatic heterocycles. The van der Waals surface area contributed by atoms with Gasteiger partial charge in [0.2, 0.25) is 11.8 Å². The van der Waals surface area contributed by atoms with Crippen molar-refractivity contribution in [1.82, 2.24) is 30.2 Å². The standard InChI is InChI=1S/C43H66N7O20P3S/c1-4-5-11-16-29(51)17-12-8-6-7-9-13-18-30(52)31(53)19-14-10-15-20-34(55)74-24-23-45-33(54)21-22-46-41(58)38(57)43(2,3)26-67-73(64,65)70-72(62,63)66-25-32-37(69-71(59,60)61)36(56)42(68-32)50-28-49-35-39(44)47-27-48-40(35)50/h5-14,17-18,27-32,36-38,42,51-53,56-57H,4,15-16,19-26H2,1-3H3,(H,45,54)(H,46,58)(H,62,63)(H,64,65)(H2,44,47,48)(H2,59,60,61)/b8-6+,9-7+,11-5+,14-10+,17-12+,18-13+. The molecule has 1 aliphatic heterocycles. The highest BCUT2D eigenvalue weighted by Gasteiger charge is 2.50.